The molecule has 5 nitrogen and oxygen atoms in total. The predicted octanol–water partition coefficient (Wildman–Crippen LogP) is 3.50. The molecule has 3 rings (SSSR count). The van der Waals surface area contributed by atoms with Crippen LogP contribution in [-0.4, -0.2) is 44.2 Å². The molecule has 1 heterocycles. The maximum atomic E-state index is 12.1. The summed E-state index contributed by atoms with van der Waals surface area (Å²) < 4.78 is 11.3. The average Bonchev–Trinajstić information content (AvgIpc) is 2.73. The van der Waals surface area contributed by atoms with E-state index in [9.17, 15) is 4.79 Å². The van der Waals surface area contributed by atoms with Crippen molar-refractivity contribution in [2.45, 2.75) is 25.5 Å². The van der Waals surface area contributed by atoms with Gasteiger partial charge in [0.15, 0.2) is 0 Å². The summed E-state index contributed by atoms with van der Waals surface area (Å²) in [4.78, 5) is 14.4. The second kappa shape index (κ2) is 9.95. The van der Waals surface area contributed by atoms with Crippen LogP contribution in [0.5, 0.6) is 11.5 Å². The lowest BCUT2D eigenvalue weighted by Crippen LogP contribution is -2.35. The molecule has 0 spiro atoms. The first kappa shape index (κ1) is 20.0. The Balaban J connectivity index is 1.46. The molecule has 1 saturated heterocycles. The summed E-state index contributed by atoms with van der Waals surface area (Å²) in [7, 11) is 3.76. The average molecular weight is 380 g/mol. The first-order chi connectivity index (χ1) is 13.6. The van der Waals surface area contributed by atoms with Crippen LogP contribution in [0.4, 0.5) is 0 Å². The third-order valence-corrected chi connectivity index (χ3v) is 4.91. The number of methoxy groups -OCH3 is 1. The molecule has 5 heteroatoms. The molecule has 0 bridgehead atoms. The molecule has 1 aliphatic heterocycles. The van der Waals surface area contributed by atoms with Gasteiger partial charge in [-0.2, -0.15) is 0 Å². The molecule has 1 fully saturated rings. The molecular formula is C23H28N2O3. The van der Waals surface area contributed by atoms with Gasteiger partial charge in [0.25, 0.3) is 0 Å². The number of carbonyl (C=O) groups excluding carboxylic acids is 1. The SMILES string of the molecule is COc1ccccc1/C=C/C(=O)NCc1ccc(OC2CCN(C)CC2)cc1. The van der Waals surface area contributed by atoms with Crippen molar-refractivity contribution in [3.63, 3.8) is 0 Å². The van der Waals surface area contributed by atoms with Gasteiger partial charge in [0, 0.05) is 31.3 Å². The number of rotatable bonds is 7. The maximum Gasteiger partial charge on any atom is 0.244 e. The number of amides is 1. The molecule has 0 aliphatic carbocycles. The Bertz CT molecular complexity index is 794. The summed E-state index contributed by atoms with van der Waals surface area (Å²) in [6, 6.07) is 15.5. The maximum absolute atomic E-state index is 12.1. The lowest BCUT2D eigenvalue weighted by atomic mass is 10.1. The molecule has 0 aromatic heterocycles. The fourth-order valence-electron chi connectivity index (χ4n) is 3.20. The van der Waals surface area contributed by atoms with Gasteiger partial charge in [0.05, 0.1) is 7.11 Å². The molecule has 0 radical (unpaired) electrons. The van der Waals surface area contributed by atoms with Gasteiger partial charge in [-0.15, -0.1) is 0 Å². The van der Waals surface area contributed by atoms with Crippen molar-refractivity contribution in [1.82, 2.24) is 10.2 Å². The zero-order valence-electron chi connectivity index (χ0n) is 16.6. The number of piperidine rings is 1. The van der Waals surface area contributed by atoms with Crippen molar-refractivity contribution in [1.29, 1.82) is 0 Å². The smallest absolute Gasteiger partial charge is 0.244 e. The van der Waals surface area contributed by atoms with Gasteiger partial charge in [0.2, 0.25) is 5.91 Å². The van der Waals surface area contributed by atoms with Gasteiger partial charge in [-0.05, 0) is 49.7 Å². The van der Waals surface area contributed by atoms with E-state index in [1.54, 1.807) is 13.2 Å². The number of nitrogens with zero attached hydrogens (tertiary/aromatic N) is 1. The van der Waals surface area contributed by atoms with Crippen LogP contribution < -0.4 is 14.8 Å². The van der Waals surface area contributed by atoms with Gasteiger partial charge in [-0.1, -0.05) is 30.3 Å². The van der Waals surface area contributed by atoms with Crippen LogP contribution in [0.3, 0.4) is 0 Å². The minimum absolute atomic E-state index is 0.141. The quantitative estimate of drug-likeness (QED) is 0.747. The summed E-state index contributed by atoms with van der Waals surface area (Å²) in [5.74, 6) is 1.49. The number of ether oxygens (including phenoxy) is 2. The predicted molar refractivity (Wildman–Crippen MR) is 111 cm³/mol. The van der Waals surface area contributed by atoms with E-state index < -0.39 is 0 Å². The highest BCUT2D eigenvalue weighted by molar-refractivity contribution is 5.92. The first-order valence-corrected chi connectivity index (χ1v) is 9.67. The molecule has 28 heavy (non-hydrogen) atoms. The molecule has 0 atom stereocenters. The first-order valence-electron chi connectivity index (χ1n) is 9.67. The third kappa shape index (κ3) is 5.86. The highest BCUT2D eigenvalue weighted by Gasteiger charge is 2.17. The van der Waals surface area contributed by atoms with Crippen molar-refractivity contribution >= 4 is 12.0 Å². The Morgan fingerprint density at radius 1 is 1.14 bits per heavy atom. The minimum atomic E-state index is -0.141. The van der Waals surface area contributed by atoms with E-state index in [0.29, 0.717) is 12.6 Å². The second-order valence-electron chi connectivity index (χ2n) is 7.06. The Hall–Kier alpha value is -2.79. The molecule has 148 valence electrons. The number of nitrogens with one attached hydrogen (secondary N) is 1. The van der Waals surface area contributed by atoms with Gasteiger partial charge in [-0.3, -0.25) is 4.79 Å². The molecular weight excluding hydrogens is 352 g/mol. The molecule has 1 N–H and O–H groups in total. The van der Waals surface area contributed by atoms with E-state index in [1.165, 1.54) is 6.08 Å². The van der Waals surface area contributed by atoms with Crippen molar-refractivity contribution in [2.24, 2.45) is 0 Å². The van der Waals surface area contributed by atoms with Crippen LogP contribution in [0.15, 0.2) is 54.6 Å². The Labute approximate surface area is 167 Å². The van der Waals surface area contributed by atoms with Crippen molar-refractivity contribution < 1.29 is 14.3 Å². The highest BCUT2D eigenvalue weighted by Crippen LogP contribution is 2.20. The van der Waals surface area contributed by atoms with Crippen molar-refractivity contribution in [2.75, 3.05) is 27.2 Å². The zero-order valence-corrected chi connectivity index (χ0v) is 16.6. The number of carbonyl (C=O) groups is 1. The minimum Gasteiger partial charge on any atom is -0.496 e. The van der Waals surface area contributed by atoms with Crippen molar-refractivity contribution in [3.8, 4) is 11.5 Å². The van der Waals surface area contributed by atoms with Crippen LogP contribution in [0.2, 0.25) is 0 Å². The van der Waals surface area contributed by atoms with E-state index >= 15 is 0 Å². The van der Waals surface area contributed by atoms with E-state index in [1.807, 2.05) is 48.5 Å². The molecule has 0 unspecified atom stereocenters. The number of para-hydroxylation sites is 1. The van der Waals surface area contributed by atoms with E-state index in [-0.39, 0.29) is 5.91 Å². The van der Waals surface area contributed by atoms with E-state index in [2.05, 4.69) is 17.3 Å². The highest BCUT2D eigenvalue weighted by atomic mass is 16.5. The van der Waals surface area contributed by atoms with E-state index in [0.717, 1.165) is 48.6 Å². The monoisotopic (exact) mass is 380 g/mol. The summed E-state index contributed by atoms with van der Waals surface area (Å²) in [6.45, 7) is 2.64. The Morgan fingerprint density at radius 3 is 2.57 bits per heavy atom. The topological polar surface area (TPSA) is 50.8 Å². The molecule has 0 saturated carbocycles. The lowest BCUT2D eigenvalue weighted by molar-refractivity contribution is -0.116. The summed E-state index contributed by atoms with van der Waals surface area (Å²) >= 11 is 0. The fraction of sp³-hybridized carbons (Fsp3) is 0.348. The number of likely N-dealkylation sites (tertiary alicyclic amines) is 1. The molecule has 1 aliphatic rings. The largest absolute Gasteiger partial charge is 0.496 e. The number of hydrogen-bond donors (Lipinski definition) is 1. The summed E-state index contributed by atoms with van der Waals surface area (Å²) in [5, 5.41) is 2.90. The zero-order chi connectivity index (χ0) is 19.8. The fourth-order valence-corrected chi connectivity index (χ4v) is 3.20. The molecule has 1 amide bonds. The van der Waals surface area contributed by atoms with Crippen LogP contribution in [0.25, 0.3) is 6.08 Å². The summed E-state index contributed by atoms with van der Waals surface area (Å²) in [6.07, 6.45) is 5.70. The lowest BCUT2D eigenvalue weighted by Gasteiger charge is -2.29. The van der Waals surface area contributed by atoms with Crippen LogP contribution >= 0.6 is 0 Å². The normalized spacial score (nSPS) is 15.5. The number of hydrogen-bond acceptors (Lipinski definition) is 4. The standard InChI is InChI=1S/C23H28N2O3/c1-25-15-13-21(14-16-25)28-20-10-7-18(8-11-20)17-24-23(26)12-9-19-5-3-4-6-22(19)27-2/h3-12,21H,13-17H2,1-2H3,(H,24,26)/b12-9+. The van der Waals surface area contributed by atoms with E-state index in [4.69, 9.17) is 9.47 Å². The van der Waals surface area contributed by atoms with Crippen LogP contribution in [0.1, 0.15) is 24.0 Å². The van der Waals surface area contributed by atoms with Gasteiger partial charge in [-0.25, -0.2) is 0 Å². The molecule has 2 aromatic rings. The van der Waals surface area contributed by atoms with Gasteiger partial charge >= 0.3 is 0 Å². The van der Waals surface area contributed by atoms with Crippen molar-refractivity contribution in [3.05, 3.63) is 65.7 Å². The second-order valence-corrected chi connectivity index (χ2v) is 7.06. The number of benzene rings is 2. The molecule has 2 aromatic carbocycles. The van der Waals surface area contributed by atoms with Gasteiger partial charge in [0.1, 0.15) is 17.6 Å². The Morgan fingerprint density at radius 2 is 1.86 bits per heavy atom. The van der Waals surface area contributed by atoms with Gasteiger partial charge < -0.3 is 19.7 Å². The van der Waals surface area contributed by atoms with Crippen LogP contribution in [-0.2, 0) is 11.3 Å². The third-order valence-electron chi connectivity index (χ3n) is 4.91. The van der Waals surface area contributed by atoms with Crippen LogP contribution in [0, 0.1) is 0 Å². The Kier molecular flexibility index (Phi) is 7.09. The summed E-state index contributed by atoms with van der Waals surface area (Å²) in [5.41, 5.74) is 1.91.